The van der Waals surface area contributed by atoms with E-state index in [4.69, 9.17) is 4.74 Å². The lowest BCUT2D eigenvalue weighted by Crippen LogP contribution is -2.27. The van der Waals surface area contributed by atoms with Crippen molar-refractivity contribution in [2.24, 2.45) is 0 Å². The summed E-state index contributed by atoms with van der Waals surface area (Å²) in [5.74, 6) is 1.28. The zero-order valence-electron chi connectivity index (χ0n) is 11.9. The molecule has 0 bridgehead atoms. The SMILES string of the molecule is COc1cc(NC[C@H](c2ccccn2)N(C)C)ncn1. The summed E-state index contributed by atoms with van der Waals surface area (Å²) in [7, 11) is 5.64. The molecule has 6 nitrogen and oxygen atoms in total. The fourth-order valence-electron chi connectivity index (χ4n) is 1.87. The summed E-state index contributed by atoms with van der Waals surface area (Å²) in [4.78, 5) is 14.7. The maximum atomic E-state index is 5.08. The maximum absolute atomic E-state index is 5.08. The van der Waals surface area contributed by atoms with E-state index in [1.165, 1.54) is 6.33 Å². The third-order valence-electron chi connectivity index (χ3n) is 2.98. The predicted molar refractivity (Wildman–Crippen MR) is 77.7 cm³/mol. The molecule has 20 heavy (non-hydrogen) atoms. The van der Waals surface area contributed by atoms with Gasteiger partial charge in [0.1, 0.15) is 12.1 Å². The monoisotopic (exact) mass is 273 g/mol. The van der Waals surface area contributed by atoms with E-state index >= 15 is 0 Å². The molecule has 2 rings (SSSR count). The van der Waals surface area contributed by atoms with Gasteiger partial charge in [-0.1, -0.05) is 6.07 Å². The van der Waals surface area contributed by atoms with Crippen molar-refractivity contribution in [3.8, 4) is 5.88 Å². The van der Waals surface area contributed by atoms with Crippen molar-refractivity contribution >= 4 is 5.82 Å². The van der Waals surface area contributed by atoms with E-state index in [1.807, 2.05) is 32.3 Å². The fraction of sp³-hybridized carbons (Fsp3) is 0.357. The zero-order valence-corrected chi connectivity index (χ0v) is 11.9. The van der Waals surface area contributed by atoms with Crippen molar-refractivity contribution in [2.45, 2.75) is 6.04 Å². The molecule has 106 valence electrons. The summed E-state index contributed by atoms with van der Waals surface area (Å²) < 4.78 is 5.08. The third-order valence-corrected chi connectivity index (χ3v) is 2.98. The predicted octanol–water partition coefficient (Wildman–Crippen LogP) is 1.59. The number of pyridine rings is 1. The number of methoxy groups -OCH3 is 1. The van der Waals surface area contributed by atoms with Gasteiger partial charge in [-0.25, -0.2) is 9.97 Å². The van der Waals surface area contributed by atoms with Crippen LogP contribution in [0.1, 0.15) is 11.7 Å². The first-order valence-corrected chi connectivity index (χ1v) is 6.38. The Kier molecular flexibility index (Phi) is 4.84. The van der Waals surface area contributed by atoms with Gasteiger partial charge < -0.3 is 10.1 Å². The lowest BCUT2D eigenvalue weighted by atomic mass is 10.1. The number of ether oxygens (including phenoxy) is 1. The van der Waals surface area contributed by atoms with Crippen LogP contribution in [0.15, 0.2) is 36.8 Å². The van der Waals surface area contributed by atoms with E-state index in [2.05, 4.69) is 25.2 Å². The molecule has 2 aromatic heterocycles. The molecule has 0 saturated carbocycles. The Balaban J connectivity index is 2.06. The minimum atomic E-state index is 0.164. The summed E-state index contributed by atoms with van der Waals surface area (Å²) in [6.07, 6.45) is 3.28. The fourth-order valence-corrected chi connectivity index (χ4v) is 1.87. The average Bonchev–Trinajstić information content (AvgIpc) is 2.48. The third kappa shape index (κ3) is 3.64. The number of nitrogens with zero attached hydrogens (tertiary/aromatic N) is 4. The lowest BCUT2D eigenvalue weighted by molar-refractivity contribution is 0.306. The molecular formula is C14H19N5O. The number of aromatic nitrogens is 3. The molecule has 2 heterocycles. The van der Waals surface area contributed by atoms with Gasteiger partial charge in [0.15, 0.2) is 0 Å². The van der Waals surface area contributed by atoms with Crippen LogP contribution in [0.2, 0.25) is 0 Å². The first-order valence-electron chi connectivity index (χ1n) is 6.38. The van der Waals surface area contributed by atoms with Gasteiger partial charge in [0.2, 0.25) is 5.88 Å². The number of likely N-dealkylation sites (N-methyl/N-ethyl adjacent to an activating group) is 1. The van der Waals surface area contributed by atoms with E-state index in [1.54, 1.807) is 19.4 Å². The second kappa shape index (κ2) is 6.81. The van der Waals surface area contributed by atoms with Crippen molar-refractivity contribution < 1.29 is 4.74 Å². The molecule has 0 unspecified atom stereocenters. The van der Waals surface area contributed by atoms with Gasteiger partial charge in [-0.3, -0.25) is 9.88 Å². The van der Waals surface area contributed by atoms with Crippen molar-refractivity contribution in [3.05, 3.63) is 42.5 Å². The molecule has 1 N–H and O–H groups in total. The van der Waals surface area contributed by atoms with Crippen molar-refractivity contribution in [1.82, 2.24) is 19.9 Å². The quantitative estimate of drug-likeness (QED) is 0.862. The molecule has 0 fully saturated rings. The van der Waals surface area contributed by atoms with Crippen molar-refractivity contribution in [3.63, 3.8) is 0 Å². The number of nitrogens with one attached hydrogen (secondary N) is 1. The Morgan fingerprint density at radius 2 is 2.10 bits per heavy atom. The number of anilines is 1. The van der Waals surface area contributed by atoms with Gasteiger partial charge >= 0.3 is 0 Å². The van der Waals surface area contributed by atoms with E-state index < -0.39 is 0 Å². The van der Waals surface area contributed by atoms with E-state index in [0.29, 0.717) is 12.4 Å². The van der Waals surface area contributed by atoms with Gasteiger partial charge in [-0.05, 0) is 26.2 Å². The minimum absolute atomic E-state index is 0.164. The lowest BCUT2D eigenvalue weighted by Gasteiger charge is -2.24. The van der Waals surface area contributed by atoms with Crippen molar-refractivity contribution in [1.29, 1.82) is 0 Å². The Labute approximate surface area is 118 Å². The van der Waals surface area contributed by atoms with Crippen LogP contribution in [0.4, 0.5) is 5.82 Å². The van der Waals surface area contributed by atoms with Crippen LogP contribution in [0.25, 0.3) is 0 Å². The average molecular weight is 273 g/mol. The van der Waals surface area contributed by atoms with E-state index in [0.717, 1.165) is 11.5 Å². The van der Waals surface area contributed by atoms with Crippen LogP contribution in [0, 0.1) is 0 Å². The van der Waals surface area contributed by atoms with E-state index in [-0.39, 0.29) is 6.04 Å². The Morgan fingerprint density at radius 1 is 1.25 bits per heavy atom. The Hall–Kier alpha value is -2.21. The Morgan fingerprint density at radius 3 is 2.75 bits per heavy atom. The van der Waals surface area contributed by atoms with Crippen LogP contribution in [-0.4, -0.2) is 47.6 Å². The largest absolute Gasteiger partial charge is 0.481 e. The summed E-state index contributed by atoms with van der Waals surface area (Å²) >= 11 is 0. The van der Waals surface area contributed by atoms with Gasteiger partial charge in [0.05, 0.1) is 18.8 Å². The van der Waals surface area contributed by atoms with Gasteiger partial charge in [0.25, 0.3) is 0 Å². The highest BCUT2D eigenvalue weighted by Gasteiger charge is 2.15. The molecule has 2 aromatic rings. The van der Waals surface area contributed by atoms with E-state index in [9.17, 15) is 0 Å². The molecule has 0 aliphatic rings. The molecule has 0 amide bonds. The number of hydrogen-bond acceptors (Lipinski definition) is 6. The summed E-state index contributed by atoms with van der Waals surface area (Å²) in [6.45, 7) is 0.699. The smallest absolute Gasteiger partial charge is 0.218 e. The van der Waals surface area contributed by atoms with Crippen LogP contribution in [-0.2, 0) is 0 Å². The van der Waals surface area contributed by atoms with Gasteiger partial charge in [-0.2, -0.15) is 0 Å². The highest BCUT2D eigenvalue weighted by Crippen LogP contribution is 2.17. The van der Waals surface area contributed by atoms with Crippen molar-refractivity contribution in [2.75, 3.05) is 33.1 Å². The highest BCUT2D eigenvalue weighted by molar-refractivity contribution is 5.37. The number of rotatable bonds is 6. The maximum Gasteiger partial charge on any atom is 0.218 e. The molecule has 0 aliphatic carbocycles. The first kappa shape index (κ1) is 14.2. The number of hydrogen-bond donors (Lipinski definition) is 1. The molecular weight excluding hydrogens is 254 g/mol. The molecule has 0 spiro atoms. The normalized spacial score (nSPS) is 12.2. The molecule has 0 aliphatic heterocycles. The second-order valence-corrected chi connectivity index (χ2v) is 4.56. The molecule has 1 atom stereocenters. The minimum Gasteiger partial charge on any atom is -0.481 e. The summed E-state index contributed by atoms with van der Waals surface area (Å²) in [5, 5.41) is 3.29. The van der Waals surface area contributed by atoms with Crippen LogP contribution in [0.3, 0.4) is 0 Å². The molecule has 6 heteroatoms. The summed E-state index contributed by atoms with van der Waals surface area (Å²) in [6, 6.07) is 7.86. The molecule has 0 saturated heterocycles. The summed E-state index contributed by atoms with van der Waals surface area (Å²) in [5.41, 5.74) is 1.02. The van der Waals surface area contributed by atoms with Crippen LogP contribution in [0.5, 0.6) is 5.88 Å². The van der Waals surface area contributed by atoms with Crippen LogP contribution < -0.4 is 10.1 Å². The first-order chi connectivity index (χ1) is 9.70. The standard InChI is InChI=1S/C14H19N5O/c1-19(2)12(11-6-4-5-7-15-11)9-16-13-8-14(20-3)18-10-17-13/h4-8,10,12H,9H2,1-3H3,(H,16,17,18)/t12-/m1/s1. The second-order valence-electron chi connectivity index (χ2n) is 4.56. The Bertz CT molecular complexity index is 532. The topological polar surface area (TPSA) is 63.2 Å². The highest BCUT2D eigenvalue weighted by atomic mass is 16.5. The molecule has 0 aromatic carbocycles. The van der Waals surface area contributed by atoms with Gasteiger partial charge in [-0.15, -0.1) is 0 Å². The van der Waals surface area contributed by atoms with Crippen LogP contribution >= 0.6 is 0 Å². The molecule has 0 radical (unpaired) electrons. The van der Waals surface area contributed by atoms with Gasteiger partial charge in [0, 0.05) is 18.8 Å². The zero-order chi connectivity index (χ0) is 14.4.